The van der Waals surface area contributed by atoms with Crippen molar-refractivity contribution in [2.75, 3.05) is 72.2 Å². The van der Waals surface area contributed by atoms with E-state index in [1.165, 1.54) is 42.5 Å². The number of aliphatic hydroxyl groups is 10. The fourth-order valence-electron chi connectivity index (χ4n) is 19.3. The van der Waals surface area contributed by atoms with E-state index in [1.807, 2.05) is 13.8 Å². The van der Waals surface area contributed by atoms with Gasteiger partial charge in [-0.3, -0.25) is 33.6 Å². The Labute approximate surface area is 722 Å². The number of carbonyl (C=O) groups excluding carboxylic acids is 7. The van der Waals surface area contributed by atoms with Crippen LogP contribution in [-0.4, -0.2) is 358 Å². The van der Waals surface area contributed by atoms with Gasteiger partial charge in [-0.1, -0.05) is 108 Å². The molecule has 700 valence electrons. The van der Waals surface area contributed by atoms with Crippen LogP contribution in [-0.2, 0) is 89.2 Å². The van der Waals surface area contributed by atoms with Crippen molar-refractivity contribution in [1.29, 1.82) is 0 Å². The van der Waals surface area contributed by atoms with E-state index in [1.54, 1.807) is 16.7 Å². The standard InChI is InChI=1S/C84H136N12O28/c1-7-50-36-52(38-57(73(50)123-83-70(107)68(105)64(101)45(4)115-83)120-82-63(88-47(6)99)75(67(104)62(43-98)122-82)118-60(80(113)94-28-17-29-94)35-49-20-13-10-14-21-49)56(100)22-15-23-85-77(110)54-40-95(91-89-54)30-32-114-33-31-96-41-55(90-92-96)78(111)87-25-24-86-76(109)53-37-51(8-2)74(124-84-71(108)69(106)65(102)46(5)116-84)58(39-53)119-81-44(3)72(66(103)61(42-97)121-81)117-59(79(112)93-26-16-27-93)34-48-18-11-9-12-19-48/h40-41,44-46,48-53,57-75,81-84,97-98,101-108H,7-39,42-43H2,1-6H3,(H,85,110)(H,86,109)(H,87,111)(H,88,99)/t44-,45+,46+,50+,51+,52-,53-,57-,58-,59+,60+,61-,62-,63-,64-,65-,66+,67+,68-,69-,70+,71+,72-,73-,74-,75-,81-,82-,83+,84+/m1/s1. The number of likely N-dealkylation sites (tertiary alicyclic amines) is 2. The molecule has 6 saturated heterocycles. The SMILES string of the molecule is CC[C@H]1C[C@@H](C(=O)NCCNC(=O)c2cn(CCOCCn3cc(C(=O)NCCCC(=O)[C@@H]4C[C@H](CC)[C@@H](O[C@@H]5O[C@@H](C)[C@@H](O)[C@@H](O)[C@@H]5O)[C@H](O[C@@H]5O[C@H](CO)[C@H](O)[C@H](O[C@@H](CC6CCCCC6)C(=O)N6CCC6)[C@H]5NC(C)=O)C4)nn3)nn2)C[C@@H](O[C@@H]2O[C@H](CO)[C@H](O)[C@H](O[C@@H](CC3CCCCC3)C(=O)N3CCC3)[C@H]2C)[C@@H]1O[C@@H]1O[C@@H](C)[C@@H](O)[C@@H](O)[C@@H]1O. The molecule has 0 spiro atoms. The summed E-state index contributed by atoms with van der Waals surface area (Å²) in [5, 5.41) is 138. The Bertz CT molecular complexity index is 3720. The Kier molecular flexibility index (Phi) is 35.9. The molecule has 6 amide bonds. The molecule has 0 unspecified atom stereocenters. The molecule has 2 aromatic heterocycles. The molecule has 2 aromatic rings. The summed E-state index contributed by atoms with van der Waals surface area (Å²) in [5.74, 6) is -5.06. The van der Waals surface area contributed by atoms with Crippen molar-refractivity contribution < 1.29 is 137 Å². The summed E-state index contributed by atoms with van der Waals surface area (Å²) >= 11 is 0. The summed E-state index contributed by atoms with van der Waals surface area (Å²) in [4.78, 5) is 100. The molecule has 6 aliphatic heterocycles. The maximum Gasteiger partial charge on any atom is 0.273 e. The number of hydrogen-bond acceptors (Lipinski definition) is 32. The molecule has 12 rings (SSSR count). The summed E-state index contributed by atoms with van der Waals surface area (Å²) in [6.07, 6.45) is -13.0. The monoisotopic (exact) mass is 1760 g/mol. The van der Waals surface area contributed by atoms with E-state index in [9.17, 15) is 84.6 Å². The van der Waals surface area contributed by atoms with Gasteiger partial charge in [-0.05, 0) is 95.3 Å². The van der Waals surface area contributed by atoms with Crippen molar-refractivity contribution in [2.45, 2.75) is 349 Å². The summed E-state index contributed by atoms with van der Waals surface area (Å²) in [6, 6.07) is -1.27. The third kappa shape index (κ3) is 24.5. The first-order valence-corrected chi connectivity index (χ1v) is 45.4. The van der Waals surface area contributed by atoms with Crippen molar-refractivity contribution in [1.82, 2.24) is 61.1 Å². The Morgan fingerprint density at radius 1 is 0.500 bits per heavy atom. The van der Waals surface area contributed by atoms with Crippen LogP contribution in [0, 0.1) is 41.4 Å². The molecule has 10 fully saturated rings. The largest absolute Gasteiger partial charge is 0.394 e. The topological polar surface area (TPSA) is 539 Å². The van der Waals surface area contributed by atoms with Crippen LogP contribution >= 0.6 is 0 Å². The van der Waals surface area contributed by atoms with Crippen LogP contribution in [0.5, 0.6) is 0 Å². The van der Waals surface area contributed by atoms with Crippen LogP contribution < -0.4 is 21.3 Å². The van der Waals surface area contributed by atoms with Gasteiger partial charge in [0.2, 0.25) is 11.8 Å². The highest BCUT2D eigenvalue weighted by Crippen LogP contribution is 2.44. The van der Waals surface area contributed by atoms with E-state index in [2.05, 4.69) is 41.9 Å². The Balaban J connectivity index is 0.595. The first-order valence-electron chi connectivity index (χ1n) is 45.4. The van der Waals surface area contributed by atoms with Crippen molar-refractivity contribution >= 4 is 41.2 Å². The molecule has 4 saturated carbocycles. The zero-order chi connectivity index (χ0) is 88.6. The number of ether oxygens (including phenoxy) is 11. The zero-order valence-corrected chi connectivity index (χ0v) is 72.3. The van der Waals surface area contributed by atoms with Crippen LogP contribution in [0.1, 0.15) is 204 Å². The predicted molar refractivity (Wildman–Crippen MR) is 432 cm³/mol. The van der Waals surface area contributed by atoms with Crippen LogP contribution in [0.15, 0.2) is 12.4 Å². The lowest BCUT2D eigenvalue weighted by Crippen LogP contribution is -2.67. The van der Waals surface area contributed by atoms with E-state index in [0.29, 0.717) is 51.9 Å². The van der Waals surface area contributed by atoms with Crippen molar-refractivity contribution in [2.24, 2.45) is 41.4 Å². The van der Waals surface area contributed by atoms with Crippen LogP contribution in [0.25, 0.3) is 0 Å². The van der Waals surface area contributed by atoms with Crippen LogP contribution in [0.3, 0.4) is 0 Å². The number of aliphatic hydroxyl groups excluding tert-OH is 10. The number of Topliss-reactive ketones (excluding diaryl/α,β-unsaturated/α-hetero) is 1. The van der Waals surface area contributed by atoms with E-state index < -0.39 is 214 Å². The Morgan fingerprint density at radius 2 is 0.952 bits per heavy atom. The molecule has 40 nitrogen and oxygen atoms in total. The summed E-state index contributed by atoms with van der Waals surface area (Å²) < 4.78 is 73.3. The number of amides is 6. The highest BCUT2D eigenvalue weighted by atomic mass is 16.7. The number of nitrogens with one attached hydrogen (secondary N) is 4. The molecule has 0 bridgehead atoms. The van der Waals surface area contributed by atoms with Gasteiger partial charge in [-0.25, -0.2) is 9.36 Å². The number of rotatable bonds is 40. The van der Waals surface area contributed by atoms with Gasteiger partial charge in [0, 0.05) is 76.9 Å². The average molecular weight is 1760 g/mol. The molecule has 124 heavy (non-hydrogen) atoms. The minimum Gasteiger partial charge on any atom is -0.394 e. The first kappa shape index (κ1) is 97.0. The lowest BCUT2D eigenvalue weighted by Gasteiger charge is -2.49. The average Bonchev–Trinajstić information content (AvgIpc) is 1.12. The van der Waals surface area contributed by atoms with Gasteiger partial charge in [-0.2, -0.15) is 0 Å². The van der Waals surface area contributed by atoms with E-state index in [4.69, 9.17) is 52.1 Å². The quantitative estimate of drug-likeness (QED) is 0.0348. The predicted octanol–water partition coefficient (Wildman–Crippen LogP) is -1.21. The second-order valence-electron chi connectivity index (χ2n) is 35.8. The minimum atomic E-state index is -1.70. The van der Waals surface area contributed by atoms with Gasteiger partial charge < -0.3 is 134 Å². The van der Waals surface area contributed by atoms with Gasteiger partial charge in [0.25, 0.3) is 23.6 Å². The van der Waals surface area contributed by atoms with Gasteiger partial charge in [0.1, 0.15) is 91.2 Å². The van der Waals surface area contributed by atoms with Gasteiger partial charge >= 0.3 is 0 Å². The van der Waals surface area contributed by atoms with Gasteiger partial charge in [-0.15, -0.1) is 10.2 Å². The second kappa shape index (κ2) is 46.0. The number of nitrogens with zero attached hydrogens (tertiary/aromatic N) is 8. The molecule has 40 heteroatoms. The smallest absolute Gasteiger partial charge is 0.273 e. The normalized spacial score (nSPS) is 36.2. The molecular formula is C84H136N12O28. The lowest BCUT2D eigenvalue weighted by atomic mass is 9.74. The summed E-state index contributed by atoms with van der Waals surface area (Å²) in [5.41, 5.74) is 0.0199. The van der Waals surface area contributed by atoms with Crippen molar-refractivity contribution in [3.05, 3.63) is 23.8 Å². The first-order chi connectivity index (χ1) is 59.6. The summed E-state index contributed by atoms with van der Waals surface area (Å²) in [6.45, 7) is 11.7. The van der Waals surface area contributed by atoms with Crippen LogP contribution in [0.4, 0.5) is 0 Å². The molecule has 14 N–H and O–H groups in total. The number of hydrogen-bond donors (Lipinski definition) is 14. The molecule has 0 aromatic carbocycles. The van der Waals surface area contributed by atoms with Crippen molar-refractivity contribution in [3.8, 4) is 0 Å². The van der Waals surface area contributed by atoms with Crippen LogP contribution in [0.2, 0.25) is 0 Å². The van der Waals surface area contributed by atoms with E-state index in [0.717, 1.165) is 77.0 Å². The molecular weight excluding hydrogens is 1620 g/mol. The maximum absolute atomic E-state index is 14.4. The molecule has 4 aliphatic carbocycles. The maximum atomic E-state index is 14.4. The van der Waals surface area contributed by atoms with Crippen molar-refractivity contribution in [3.63, 3.8) is 0 Å². The minimum absolute atomic E-state index is 0.00316. The number of ketones is 1. The highest BCUT2D eigenvalue weighted by Gasteiger charge is 2.56. The van der Waals surface area contributed by atoms with E-state index >= 15 is 0 Å². The summed E-state index contributed by atoms with van der Waals surface area (Å²) in [7, 11) is 0. The van der Waals surface area contributed by atoms with Gasteiger partial charge in [0.15, 0.2) is 36.5 Å². The second-order valence-corrected chi connectivity index (χ2v) is 35.8. The lowest BCUT2D eigenvalue weighted by molar-refractivity contribution is -0.343. The Morgan fingerprint density at radius 3 is 1.43 bits per heavy atom. The van der Waals surface area contributed by atoms with E-state index in [-0.39, 0.29) is 131 Å². The fraction of sp³-hybridized carbons (Fsp3) is 0.869. The Hall–Kier alpha value is -6.07. The van der Waals surface area contributed by atoms with Gasteiger partial charge in [0.05, 0.1) is 94.6 Å². The fourth-order valence-corrected chi connectivity index (χ4v) is 19.3. The molecule has 8 heterocycles. The molecule has 30 atom stereocenters. The third-order valence-corrected chi connectivity index (χ3v) is 27.1. The highest BCUT2D eigenvalue weighted by molar-refractivity contribution is 5.92. The zero-order valence-electron chi connectivity index (χ0n) is 72.3. The number of carbonyl (C=O) groups is 7. The number of aromatic nitrogens is 6. The third-order valence-electron chi connectivity index (χ3n) is 27.1. The molecule has 0 radical (unpaired) electrons. The molecule has 10 aliphatic rings.